The predicted octanol–water partition coefficient (Wildman–Crippen LogP) is 5.24. The zero-order chi connectivity index (χ0) is 26.2. The van der Waals surface area contributed by atoms with Gasteiger partial charge in [0.05, 0.1) is 17.8 Å². The number of alkyl halides is 3. The quantitative estimate of drug-likeness (QED) is 0.383. The van der Waals surface area contributed by atoms with E-state index < -0.39 is 24.2 Å². The van der Waals surface area contributed by atoms with Crippen molar-refractivity contribution in [2.75, 3.05) is 11.9 Å². The van der Waals surface area contributed by atoms with E-state index in [4.69, 9.17) is 4.74 Å². The van der Waals surface area contributed by atoms with Crippen molar-refractivity contribution in [3.05, 3.63) is 72.3 Å². The number of hydrogen-bond donors (Lipinski definition) is 2. The van der Waals surface area contributed by atoms with Crippen LogP contribution in [0.3, 0.4) is 0 Å². The van der Waals surface area contributed by atoms with Gasteiger partial charge in [0.2, 0.25) is 5.88 Å². The van der Waals surface area contributed by atoms with Gasteiger partial charge < -0.3 is 24.8 Å². The van der Waals surface area contributed by atoms with Crippen molar-refractivity contribution >= 4 is 28.7 Å². The Morgan fingerprint density at radius 1 is 1.05 bits per heavy atom. The first-order valence-corrected chi connectivity index (χ1v) is 10.9. The first-order chi connectivity index (χ1) is 17.7. The summed E-state index contributed by atoms with van der Waals surface area (Å²) < 4.78 is 48.6. The van der Waals surface area contributed by atoms with Crippen LogP contribution in [0.5, 0.6) is 17.4 Å². The smallest absolute Gasteiger partial charge is 0.465 e. The number of aromatic nitrogens is 3. The van der Waals surface area contributed by atoms with Crippen molar-refractivity contribution in [1.82, 2.24) is 19.4 Å². The Kier molecular flexibility index (Phi) is 6.03. The van der Waals surface area contributed by atoms with Crippen LogP contribution in [0, 0.1) is 0 Å². The number of carbonyl (C=O) groups excluding carboxylic acids is 1. The summed E-state index contributed by atoms with van der Waals surface area (Å²) in [6.07, 6.45) is -2.62. The van der Waals surface area contributed by atoms with E-state index in [2.05, 4.69) is 20.0 Å². The fraction of sp³-hybridized carbons (Fsp3) is 0.167. The molecule has 0 aliphatic carbocycles. The third kappa shape index (κ3) is 5.24. The highest BCUT2D eigenvalue weighted by Gasteiger charge is 2.31. The van der Waals surface area contributed by atoms with Crippen molar-refractivity contribution in [3.63, 3.8) is 0 Å². The first kappa shape index (κ1) is 23.9. The van der Waals surface area contributed by atoms with Crippen LogP contribution in [0.4, 0.5) is 28.4 Å². The molecule has 10 nitrogen and oxygen atoms in total. The van der Waals surface area contributed by atoms with Gasteiger partial charge in [-0.3, -0.25) is 4.57 Å². The van der Waals surface area contributed by atoms with Crippen molar-refractivity contribution in [2.45, 2.75) is 19.3 Å². The number of hydrogen-bond acceptors (Lipinski definition) is 6. The van der Waals surface area contributed by atoms with E-state index in [1.54, 1.807) is 24.3 Å². The van der Waals surface area contributed by atoms with E-state index in [1.165, 1.54) is 34.1 Å². The summed E-state index contributed by atoms with van der Waals surface area (Å²) in [5.74, 6) is 0.323. The Balaban J connectivity index is 1.33. The molecule has 0 saturated heterocycles. The van der Waals surface area contributed by atoms with Crippen LogP contribution in [0.25, 0.3) is 10.9 Å². The third-order valence-electron chi connectivity index (χ3n) is 5.65. The molecular weight excluding hydrogens is 495 g/mol. The van der Waals surface area contributed by atoms with Gasteiger partial charge in [-0.2, -0.15) is 0 Å². The number of anilines is 1. The molecule has 190 valence electrons. The molecule has 0 fully saturated rings. The number of rotatable bonds is 4. The number of halogens is 3. The average Bonchev–Trinajstić information content (AvgIpc) is 3.26. The topological polar surface area (TPSA) is 119 Å². The van der Waals surface area contributed by atoms with Gasteiger partial charge in [0.25, 0.3) is 0 Å². The van der Waals surface area contributed by atoms with Gasteiger partial charge in [0.1, 0.15) is 17.8 Å². The largest absolute Gasteiger partial charge is 0.573 e. The van der Waals surface area contributed by atoms with Gasteiger partial charge >= 0.3 is 18.5 Å². The fourth-order valence-corrected chi connectivity index (χ4v) is 4.00. The molecule has 0 bridgehead atoms. The number of ether oxygens (including phenoxy) is 2. The minimum Gasteiger partial charge on any atom is -0.465 e. The first-order valence-electron chi connectivity index (χ1n) is 10.9. The molecule has 5 rings (SSSR count). The molecule has 3 heterocycles. The molecule has 0 saturated carbocycles. The van der Waals surface area contributed by atoms with Gasteiger partial charge in [-0.1, -0.05) is 6.07 Å². The predicted molar refractivity (Wildman–Crippen MR) is 124 cm³/mol. The molecule has 2 aromatic carbocycles. The maximum Gasteiger partial charge on any atom is 0.573 e. The standard InChI is InChI=1S/C24H18F3N5O5/c25-24(26,27)37-17-3-1-2-15(11-17)30-22(33)32-9-6-14-10-16(4-5-20(14)32)36-21-18-7-8-31(23(34)35)12-19(18)28-13-29-21/h1-6,9-11,13H,7-8,12H2,(H,30,33)(H,34,35). The molecule has 2 aromatic heterocycles. The SMILES string of the molecule is O=C(O)N1CCc2c(ncnc2Oc2ccc3c(ccn3C(=O)Nc3cccc(OC(F)(F)F)c3)c2)C1. The van der Waals surface area contributed by atoms with E-state index in [0.717, 1.165) is 17.7 Å². The molecule has 2 amide bonds. The van der Waals surface area contributed by atoms with Crippen LogP contribution in [-0.4, -0.2) is 49.6 Å². The van der Waals surface area contributed by atoms with Crippen molar-refractivity contribution in [3.8, 4) is 17.4 Å². The lowest BCUT2D eigenvalue weighted by Crippen LogP contribution is -2.35. The molecule has 0 unspecified atom stereocenters. The summed E-state index contributed by atoms with van der Waals surface area (Å²) in [6.45, 7) is 0.445. The van der Waals surface area contributed by atoms with Gasteiger partial charge in [-0.25, -0.2) is 19.6 Å². The summed E-state index contributed by atoms with van der Waals surface area (Å²) in [5.41, 5.74) is 1.97. The summed E-state index contributed by atoms with van der Waals surface area (Å²) >= 11 is 0. The zero-order valence-electron chi connectivity index (χ0n) is 18.9. The average molecular weight is 513 g/mol. The highest BCUT2D eigenvalue weighted by atomic mass is 19.4. The Morgan fingerprint density at radius 2 is 1.89 bits per heavy atom. The summed E-state index contributed by atoms with van der Waals surface area (Å²) in [7, 11) is 0. The van der Waals surface area contributed by atoms with E-state index in [-0.39, 0.29) is 12.2 Å². The molecule has 1 aliphatic rings. The molecule has 37 heavy (non-hydrogen) atoms. The Labute approximate surface area is 206 Å². The third-order valence-corrected chi connectivity index (χ3v) is 5.65. The van der Waals surface area contributed by atoms with Crippen LogP contribution in [-0.2, 0) is 13.0 Å². The monoisotopic (exact) mass is 513 g/mol. The van der Waals surface area contributed by atoms with E-state index >= 15 is 0 Å². The zero-order valence-corrected chi connectivity index (χ0v) is 18.9. The minimum absolute atomic E-state index is 0.128. The van der Waals surface area contributed by atoms with Gasteiger partial charge in [-0.05, 0) is 42.8 Å². The lowest BCUT2D eigenvalue weighted by atomic mass is 10.1. The fourth-order valence-electron chi connectivity index (χ4n) is 4.00. The van der Waals surface area contributed by atoms with Gasteiger partial charge in [-0.15, -0.1) is 13.2 Å². The molecule has 0 spiro atoms. The summed E-state index contributed by atoms with van der Waals surface area (Å²) in [6, 6.07) is 11.1. The lowest BCUT2D eigenvalue weighted by molar-refractivity contribution is -0.274. The van der Waals surface area contributed by atoms with Crippen molar-refractivity contribution in [2.24, 2.45) is 0 Å². The van der Waals surface area contributed by atoms with Crippen LogP contribution in [0.2, 0.25) is 0 Å². The van der Waals surface area contributed by atoms with Crippen LogP contribution < -0.4 is 14.8 Å². The number of benzene rings is 2. The Morgan fingerprint density at radius 3 is 2.68 bits per heavy atom. The number of amides is 2. The molecule has 2 N–H and O–H groups in total. The number of carboxylic acid groups (broad SMARTS) is 1. The van der Waals surface area contributed by atoms with E-state index in [1.807, 2.05) is 0 Å². The molecule has 1 aliphatic heterocycles. The number of nitrogens with one attached hydrogen (secondary N) is 1. The molecule has 13 heteroatoms. The number of fused-ring (bicyclic) bond motifs is 2. The molecule has 0 radical (unpaired) electrons. The number of nitrogens with zero attached hydrogens (tertiary/aromatic N) is 4. The van der Waals surface area contributed by atoms with Crippen molar-refractivity contribution < 1.29 is 37.3 Å². The minimum atomic E-state index is -4.84. The van der Waals surface area contributed by atoms with Crippen LogP contribution in [0.15, 0.2) is 61.1 Å². The van der Waals surface area contributed by atoms with Gasteiger partial charge in [0.15, 0.2) is 0 Å². The molecule has 4 aromatic rings. The number of carbonyl (C=O) groups is 2. The van der Waals surface area contributed by atoms with E-state index in [0.29, 0.717) is 41.2 Å². The normalized spacial score (nSPS) is 13.2. The highest BCUT2D eigenvalue weighted by Crippen LogP contribution is 2.31. The van der Waals surface area contributed by atoms with E-state index in [9.17, 15) is 27.9 Å². The summed E-state index contributed by atoms with van der Waals surface area (Å²) in [5, 5.41) is 12.4. The Bertz CT molecular complexity index is 1500. The highest BCUT2D eigenvalue weighted by molar-refractivity contribution is 5.98. The van der Waals surface area contributed by atoms with Crippen LogP contribution in [0.1, 0.15) is 11.3 Å². The molecular formula is C24H18F3N5O5. The van der Waals surface area contributed by atoms with Crippen LogP contribution >= 0.6 is 0 Å². The van der Waals surface area contributed by atoms with Crippen molar-refractivity contribution in [1.29, 1.82) is 0 Å². The maximum atomic E-state index is 12.8. The molecule has 0 atom stereocenters. The second kappa shape index (κ2) is 9.33. The Hall–Kier alpha value is -4.81. The summed E-state index contributed by atoms with van der Waals surface area (Å²) in [4.78, 5) is 33.7. The maximum absolute atomic E-state index is 12.8. The van der Waals surface area contributed by atoms with Gasteiger partial charge in [0, 0.05) is 35.4 Å². The lowest BCUT2D eigenvalue weighted by Gasteiger charge is -2.26. The second-order valence-electron chi connectivity index (χ2n) is 8.07. The second-order valence-corrected chi connectivity index (χ2v) is 8.07.